The van der Waals surface area contributed by atoms with Gasteiger partial charge in [0.05, 0.1) is 6.04 Å². The van der Waals surface area contributed by atoms with Crippen LogP contribution in [-0.4, -0.2) is 16.7 Å². The molecular weight excluding hydrogens is 238 g/mol. The second-order valence-electron chi connectivity index (χ2n) is 5.51. The maximum Gasteiger partial charge on any atom is 0.243 e. The molecule has 4 nitrogen and oxygen atoms in total. The minimum Gasteiger partial charge on any atom is -0.338 e. The van der Waals surface area contributed by atoms with Gasteiger partial charge in [0.25, 0.3) is 0 Å². The van der Waals surface area contributed by atoms with Crippen LogP contribution in [0.4, 0.5) is 0 Å². The molecule has 0 spiro atoms. The van der Waals surface area contributed by atoms with Crippen molar-refractivity contribution in [3.05, 3.63) is 47.1 Å². The van der Waals surface area contributed by atoms with Crippen molar-refractivity contribution >= 4 is 0 Å². The van der Waals surface area contributed by atoms with Gasteiger partial charge in [-0.1, -0.05) is 29.4 Å². The lowest BCUT2D eigenvalue weighted by atomic mass is 10.1. The molecule has 98 valence electrons. The van der Waals surface area contributed by atoms with Crippen LogP contribution in [0.15, 0.2) is 28.8 Å². The molecule has 0 saturated carbocycles. The van der Waals surface area contributed by atoms with Crippen LogP contribution >= 0.6 is 0 Å². The third kappa shape index (κ3) is 1.96. The van der Waals surface area contributed by atoms with E-state index >= 15 is 0 Å². The molecular formula is C15H17N3O. The molecule has 19 heavy (non-hydrogen) atoms. The Morgan fingerprint density at radius 3 is 2.63 bits per heavy atom. The van der Waals surface area contributed by atoms with Crippen LogP contribution in [0.25, 0.3) is 0 Å². The van der Waals surface area contributed by atoms with Gasteiger partial charge in [-0.3, -0.25) is 0 Å². The maximum atomic E-state index is 5.44. The quantitative estimate of drug-likeness (QED) is 0.895. The van der Waals surface area contributed by atoms with Crippen molar-refractivity contribution in [2.24, 2.45) is 0 Å². The molecule has 1 aliphatic heterocycles. The second-order valence-corrected chi connectivity index (χ2v) is 5.51. The van der Waals surface area contributed by atoms with E-state index in [1.165, 1.54) is 17.5 Å². The average Bonchev–Trinajstić information content (AvgIpc) is 3.17. The van der Waals surface area contributed by atoms with Crippen molar-refractivity contribution in [3.8, 4) is 0 Å². The molecule has 1 aromatic heterocycles. The molecule has 2 aliphatic rings. The molecule has 1 fully saturated rings. The third-order valence-electron chi connectivity index (χ3n) is 4.23. The molecule has 0 radical (unpaired) electrons. The van der Waals surface area contributed by atoms with E-state index in [1.807, 2.05) is 0 Å². The fourth-order valence-electron chi connectivity index (χ4n) is 3.19. The molecule has 4 heteroatoms. The Bertz CT molecular complexity index is 562. The molecule has 0 amide bonds. The topological polar surface area (TPSA) is 51.0 Å². The zero-order valence-corrected chi connectivity index (χ0v) is 10.8. The van der Waals surface area contributed by atoms with Crippen LogP contribution in [0.5, 0.6) is 0 Å². The van der Waals surface area contributed by atoms with Gasteiger partial charge < -0.3 is 9.84 Å². The van der Waals surface area contributed by atoms with E-state index in [1.54, 1.807) is 0 Å². The smallest absolute Gasteiger partial charge is 0.243 e. The summed E-state index contributed by atoms with van der Waals surface area (Å²) in [6, 6.07) is 8.88. The highest BCUT2D eigenvalue weighted by atomic mass is 16.5. The lowest BCUT2D eigenvalue weighted by Crippen LogP contribution is -2.13. The van der Waals surface area contributed by atoms with Gasteiger partial charge in [0, 0.05) is 5.92 Å². The minimum atomic E-state index is 0.269. The molecule has 1 atom stereocenters. The van der Waals surface area contributed by atoms with E-state index in [-0.39, 0.29) is 6.04 Å². The number of aromatic nitrogens is 2. The first-order valence-electron chi connectivity index (χ1n) is 7.04. The van der Waals surface area contributed by atoms with Gasteiger partial charge in [0.2, 0.25) is 5.89 Å². The lowest BCUT2D eigenvalue weighted by Gasteiger charge is -2.03. The van der Waals surface area contributed by atoms with Crippen molar-refractivity contribution < 1.29 is 4.52 Å². The number of fused-ring (bicyclic) bond motifs is 1. The Labute approximate surface area is 112 Å². The summed E-state index contributed by atoms with van der Waals surface area (Å²) >= 11 is 0. The number of benzene rings is 1. The van der Waals surface area contributed by atoms with Crippen LogP contribution in [0.1, 0.15) is 47.6 Å². The first-order valence-corrected chi connectivity index (χ1v) is 7.04. The Hall–Kier alpha value is -1.68. The minimum absolute atomic E-state index is 0.269. The molecule has 4 rings (SSSR count). The fourth-order valence-corrected chi connectivity index (χ4v) is 3.19. The number of hydrogen-bond donors (Lipinski definition) is 1. The van der Waals surface area contributed by atoms with Gasteiger partial charge >= 0.3 is 0 Å². The van der Waals surface area contributed by atoms with Gasteiger partial charge in [-0.05, 0) is 43.4 Å². The third-order valence-corrected chi connectivity index (χ3v) is 4.23. The molecule has 1 aromatic carbocycles. The molecule has 1 aliphatic carbocycles. The maximum absolute atomic E-state index is 5.44. The van der Waals surface area contributed by atoms with Crippen molar-refractivity contribution in [1.29, 1.82) is 0 Å². The number of hydrogen-bond acceptors (Lipinski definition) is 4. The van der Waals surface area contributed by atoms with Crippen molar-refractivity contribution in [2.75, 3.05) is 6.54 Å². The highest BCUT2D eigenvalue weighted by Gasteiger charge is 2.28. The van der Waals surface area contributed by atoms with Gasteiger partial charge in [0.1, 0.15) is 0 Å². The second kappa shape index (κ2) is 4.46. The van der Waals surface area contributed by atoms with E-state index in [2.05, 4.69) is 39.7 Å². The molecule has 0 bridgehead atoms. The van der Waals surface area contributed by atoms with E-state index in [0.717, 1.165) is 37.5 Å². The summed E-state index contributed by atoms with van der Waals surface area (Å²) in [6.45, 7) is 1.05. The van der Waals surface area contributed by atoms with Gasteiger partial charge in [-0.25, -0.2) is 0 Å². The molecule has 1 saturated heterocycles. The monoisotopic (exact) mass is 255 g/mol. The van der Waals surface area contributed by atoms with Gasteiger partial charge in [-0.2, -0.15) is 4.98 Å². The average molecular weight is 255 g/mol. The first kappa shape index (κ1) is 11.2. The van der Waals surface area contributed by atoms with E-state index in [4.69, 9.17) is 4.52 Å². The fraction of sp³-hybridized carbons (Fsp3) is 0.467. The van der Waals surface area contributed by atoms with Crippen LogP contribution in [-0.2, 0) is 12.8 Å². The van der Waals surface area contributed by atoms with Crippen molar-refractivity contribution in [3.63, 3.8) is 0 Å². The Balaban J connectivity index is 1.55. The predicted molar refractivity (Wildman–Crippen MR) is 70.9 cm³/mol. The summed E-state index contributed by atoms with van der Waals surface area (Å²) in [5.74, 6) is 2.03. The van der Waals surface area contributed by atoms with Gasteiger partial charge in [0.15, 0.2) is 5.82 Å². The summed E-state index contributed by atoms with van der Waals surface area (Å²) in [4.78, 5) is 4.62. The van der Waals surface area contributed by atoms with Crippen LogP contribution < -0.4 is 5.32 Å². The highest BCUT2D eigenvalue weighted by Crippen LogP contribution is 2.33. The SMILES string of the molecule is c1ccc2c(c1)CC(c1noc([C@H]3CCCN3)n1)C2. The van der Waals surface area contributed by atoms with Crippen molar-refractivity contribution in [2.45, 2.75) is 37.6 Å². The molecule has 2 aromatic rings. The summed E-state index contributed by atoms with van der Waals surface area (Å²) in [6.07, 6.45) is 4.37. The van der Waals surface area contributed by atoms with Gasteiger partial charge in [-0.15, -0.1) is 0 Å². The molecule has 0 unspecified atom stereocenters. The van der Waals surface area contributed by atoms with Crippen LogP contribution in [0.2, 0.25) is 0 Å². The normalized spacial score (nSPS) is 22.8. The zero-order valence-electron chi connectivity index (χ0n) is 10.8. The largest absolute Gasteiger partial charge is 0.338 e. The standard InChI is InChI=1S/C15H17N3O/c1-2-5-11-9-12(8-10(11)4-1)14-17-15(19-18-14)13-6-3-7-16-13/h1-2,4-5,12-13,16H,3,6-9H2/t13-/m1/s1. The lowest BCUT2D eigenvalue weighted by molar-refractivity contribution is 0.339. The highest BCUT2D eigenvalue weighted by molar-refractivity contribution is 5.34. The Morgan fingerprint density at radius 1 is 1.16 bits per heavy atom. The zero-order chi connectivity index (χ0) is 12.7. The van der Waals surface area contributed by atoms with E-state index in [0.29, 0.717) is 5.92 Å². The number of nitrogens with one attached hydrogen (secondary N) is 1. The van der Waals surface area contributed by atoms with Crippen molar-refractivity contribution in [1.82, 2.24) is 15.5 Å². The first-order chi connectivity index (χ1) is 9.40. The molecule has 1 N–H and O–H groups in total. The predicted octanol–water partition coefficient (Wildman–Crippen LogP) is 2.38. The number of rotatable bonds is 2. The Kier molecular flexibility index (Phi) is 2.62. The summed E-state index contributed by atoms with van der Waals surface area (Å²) in [5.41, 5.74) is 2.86. The Morgan fingerprint density at radius 2 is 1.95 bits per heavy atom. The summed E-state index contributed by atoms with van der Waals surface area (Å²) in [7, 11) is 0. The van der Waals surface area contributed by atoms with E-state index < -0.39 is 0 Å². The number of nitrogens with zero attached hydrogens (tertiary/aromatic N) is 2. The van der Waals surface area contributed by atoms with Crippen LogP contribution in [0.3, 0.4) is 0 Å². The summed E-state index contributed by atoms with van der Waals surface area (Å²) < 4.78 is 5.44. The van der Waals surface area contributed by atoms with Crippen LogP contribution in [0, 0.1) is 0 Å². The van der Waals surface area contributed by atoms with E-state index in [9.17, 15) is 0 Å². The summed E-state index contributed by atoms with van der Waals surface area (Å²) in [5, 5.41) is 7.60. The molecule has 2 heterocycles.